The molecule has 3 aliphatic rings. The molecule has 5 rings (SSSR count). The van der Waals surface area contributed by atoms with E-state index in [0.29, 0.717) is 43.7 Å². The number of benzene rings is 1. The van der Waals surface area contributed by atoms with Crippen LogP contribution in [0.25, 0.3) is 0 Å². The Hall–Kier alpha value is -3.70. The third-order valence-corrected chi connectivity index (χ3v) is 8.41. The number of likely N-dealkylation sites (tertiary alicyclic amines) is 1. The Morgan fingerprint density at radius 2 is 1.76 bits per heavy atom. The number of hydrogen-bond acceptors (Lipinski definition) is 9. The van der Waals surface area contributed by atoms with Crippen molar-refractivity contribution in [1.82, 2.24) is 24.7 Å². The van der Waals surface area contributed by atoms with Gasteiger partial charge in [0.05, 0.1) is 6.61 Å². The molecule has 0 radical (unpaired) electrons. The van der Waals surface area contributed by atoms with Crippen LogP contribution in [0.1, 0.15) is 35.9 Å². The lowest BCUT2D eigenvalue weighted by molar-refractivity contribution is -0.132. The molecule has 11 nitrogen and oxygen atoms in total. The molecule has 41 heavy (non-hydrogen) atoms. The zero-order chi connectivity index (χ0) is 28.9. The average molecular weight is 563 g/mol. The molecule has 0 bridgehead atoms. The summed E-state index contributed by atoms with van der Waals surface area (Å²) in [7, 11) is 2.20. The highest BCUT2D eigenvalue weighted by Gasteiger charge is 2.30. The topological polar surface area (TPSA) is 120 Å². The third kappa shape index (κ3) is 6.79. The van der Waals surface area contributed by atoms with Crippen LogP contribution in [0.15, 0.2) is 36.9 Å². The number of anilines is 3. The molecular weight excluding hydrogens is 520 g/mol. The van der Waals surface area contributed by atoms with Gasteiger partial charge in [-0.25, -0.2) is 4.98 Å². The Bertz CT molecular complexity index is 1230. The third-order valence-electron chi connectivity index (χ3n) is 8.41. The molecule has 4 heterocycles. The minimum atomic E-state index is -0.654. The molecule has 220 valence electrons. The molecule has 0 unspecified atom stereocenters. The first-order valence-corrected chi connectivity index (χ1v) is 14.6. The maximum Gasteiger partial charge on any atom is 0.271 e. The van der Waals surface area contributed by atoms with Crippen molar-refractivity contribution < 1.29 is 14.3 Å². The summed E-state index contributed by atoms with van der Waals surface area (Å²) in [4.78, 5) is 42.3. The lowest BCUT2D eigenvalue weighted by Crippen LogP contribution is -2.52. The fourth-order valence-electron chi connectivity index (χ4n) is 5.81. The molecule has 0 saturated carbocycles. The molecule has 3 aliphatic heterocycles. The average Bonchev–Trinajstić information content (AvgIpc) is 2.97. The van der Waals surface area contributed by atoms with Crippen molar-refractivity contribution in [3.05, 3.63) is 48.3 Å². The minimum Gasteiger partial charge on any atom is -0.476 e. The molecule has 1 aromatic heterocycles. The van der Waals surface area contributed by atoms with E-state index in [1.807, 2.05) is 19.1 Å². The summed E-state index contributed by atoms with van der Waals surface area (Å²) in [6.45, 7) is 13.8. The molecule has 2 aromatic rings. The SMILES string of the molecule is C=CC(=O)N1CC(COc2nc(Nc3ccc(N4CCC(N5CCN(C)CC5)CC4)cc3)c(C(N)=O)nc2CC)C1. The van der Waals surface area contributed by atoms with Gasteiger partial charge in [0.25, 0.3) is 5.91 Å². The second kappa shape index (κ2) is 12.9. The summed E-state index contributed by atoms with van der Waals surface area (Å²) >= 11 is 0. The lowest BCUT2D eigenvalue weighted by atomic mass is 10.0. The number of likely N-dealkylation sites (N-methyl/N-ethyl adjacent to an activating group) is 1. The summed E-state index contributed by atoms with van der Waals surface area (Å²) in [5.74, 6) is 0.111. The smallest absolute Gasteiger partial charge is 0.271 e. The monoisotopic (exact) mass is 562 g/mol. The van der Waals surface area contributed by atoms with Crippen LogP contribution in [0.5, 0.6) is 5.88 Å². The number of hydrogen-bond donors (Lipinski definition) is 2. The molecule has 3 fully saturated rings. The fraction of sp³-hybridized carbons (Fsp3) is 0.533. The molecule has 0 spiro atoms. The van der Waals surface area contributed by atoms with Gasteiger partial charge in [0.2, 0.25) is 11.8 Å². The molecule has 2 amide bonds. The van der Waals surface area contributed by atoms with E-state index < -0.39 is 5.91 Å². The van der Waals surface area contributed by atoms with Crippen LogP contribution in [0.4, 0.5) is 17.2 Å². The van der Waals surface area contributed by atoms with Crippen LogP contribution in [0, 0.1) is 5.92 Å². The normalized spacial score (nSPS) is 19.1. The maximum absolute atomic E-state index is 12.2. The van der Waals surface area contributed by atoms with Crippen LogP contribution in [-0.2, 0) is 11.2 Å². The number of ether oxygens (including phenoxy) is 1. The number of nitrogens with zero attached hydrogens (tertiary/aromatic N) is 6. The minimum absolute atomic E-state index is 0.0752. The van der Waals surface area contributed by atoms with Crippen molar-refractivity contribution >= 4 is 29.0 Å². The van der Waals surface area contributed by atoms with Crippen LogP contribution in [0.3, 0.4) is 0 Å². The summed E-state index contributed by atoms with van der Waals surface area (Å²) < 4.78 is 6.02. The number of aryl methyl sites for hydroxylation is 1. The molecule has 0 atom stereocenters. The van der Waals surface area contributed by atoms with Gasteiger partial charge in [0.1, 0.15) is 5.69 Å². The van der Waals surface area contributed by atoms with Crippen molar-refractivity contribution in [3.8, 4) is 5.88 Å². The van der Waals surface area contributed by atoms with E-state index in [1.165, 1.54) is 37.7 Å². The van der Waals surface area contributed by atoms with Gasteiger partial charge in [-0.2, -0.15) is 4.98 Å². The number of carbonyl (C=O) groups is 2. The van der Waals surface area contributed by atoms with Gasteiger partial charge in [0, 0.05) is 75.7 Å². The first-order valence-electron chi connectivity index (χ1n) is 14.6. The number of nitrogens with one attached hydrogen (secondary N) is 1. The van der Waals surface area contributed by atoms with E-state index in [0.717, 1.165) is 31.9 Å². The van der Waals surface area contributed by atoms with E-state index in [2.05, 4.69) is 55.7 Å². The van der Waals surface area contributed by atoms with Gasteiger partial charge in [-0.15, -0.1) is 0 Å². The molecule has 11 heteroatoms. The number of nitrogens with two attached hydrogens (primary N) is 1. The van der Waals surface area contributed by atoms with E-state index in [9.17, 15) is 9.59 Å². The highest BCUT2D eigenvalue weighted by molar-refractivity contribution is 5.96. The van der Waals surface area contributed by atoms with Crippen LogP contribution < -0.4 is 20.7 Å². The second-order valence-electron chi connectivity index (χ2n) is 11.2. The van der Waals surface area contributed by atoms with E-state index in [4.69, 9.17) is 10.5 Å². The number of aromatic nitrogens is 2. The predicted octanol–water partition coefficient (Wildman–Crippen LogP) is 2.12. The van der Waals surface area contributed by atoms with Crippen molar-refractivity contribution in [1.29, 1.82) is 0 Å². The second-order valence-corrected chi connectivity index (χ2v) is 11.2. The summed E-state index contributed by atoms with van der Waals surface area (Å²) in [6, 6.07) is 8.85. The Kier molecular flexibility index (Phi) is 9.04. The largest absolute Gasteiger partial charge is 0.476 e. The van der Waals surface area contributed by atoms with Crippen molar-refractivity contribution in [2.45, 2.75) is 32.2 Å². The van der Waals surface area contributed by atoms with E-state index >= 15 is 0 Å². The molecule has 1 aromatic carbocycles. The Morgan fingerprint density at radius 3 is 2.37 bits per heavy atom. The first-order chi connectivity index (χ1) is 19.8. The molecule has 3 N–H and O–H groups in total. The van der Waals surface area contributed by atoms with Gasteiger partial charge >= 0.3 is 0 Å². The maximum atomic E-state index is 12.2. The van der Waals surface area contributed by atoms with Crippen molar-refractivity contribution in [2.24, 2.45) is 11.7 Å². The highest BCUT2D eigenvalue weighted by Crippen LogP contribution is 2.28. The van der Waals surface area contributed by atoms with E-state index in [1.54, 1.807) is 4.90 Å². The predicted molar refractivity (Wildman–Crippen MR) is 160 cm³/mol. The lowest BCUT2D eigenvalue weighted by Gasteiger charge is -2.42. The molecular formula is C30H42N8O3. The van der Waals surface area contributed by atoms with Gasteiger partial charge < -0.3 is 30.5 Å². The zero-order valence-electron chi connectivity index (χ0n) is 24.2. The Morgan fingerprint density at radius 1 is 1.07 bits per heavy atom. The standard InChI is InChI=1S/C30H42N8O3/c1-4-25-30(41-20-21-18-38(19-21)26(39)5-2)34-29(27(33-25)28(31)40)32-22-6-8-23(9-7-22)36-12-10-24(11-13-36)37-16-14-35(3)15-17-37/h5-9,21,24H,2,4,10-20H2,1,3H3,(H2,31,40)(H,32,34). The van der Waals surface area contributed by atoms with Gasteiger partial charge in [-0.05, 0) is 56.7 Å². The first kappa shape index (κ1) is 28.8. The van der Waals surface area contributed by atoms with E-state index in [-0.39, 0.29) is 23.3 Å². The van der Waals surface area contributed by atoms with Crippen LogP contribution >= 0.6 is 0 Å². The quantitative estimate of drug-likeness (QED) is 0.420. The van der Waals surface area contributed by atoms with Gasteiger partial charge in [-0.3, -0.25) is 14.5 Å². The summed E-state index contributed by atoms with van der Waals surface area (Å²) in [6.07, 6.45) is 4.21. The van der Waals surface area contributed by atoms with Crippen LogP contribution in [-0.4, -0.2) is 109 Å². The number of piperazine rings is 1. The fourth-order valence-corrected chi connectivity index (χ4v) is 5.81. The molecule has 3 saturated heterocycles. The number of amides is 2. The van der Waals surface area contributed by atoms with Gasteiger partial charge in [-0.1, -0.05) is 13.5 Å². The van der Waals surface area contributed by atoms with Gasteiger partial charge in [0.15, 0.2) is 11.5 Å². The number of carbonyl (C=O) groups excluding carboxylic acids is 2. The Labute approximate surface area is 242 Å². The summed E-state index contributed by atoms with van der Waals surface area (Å²) in [5, 5.41) is 3.23. The van der Waals surface area contributed by atoms with Crippen LogP contribution in [0.2, 0.25) is 0 Å². The van der Waals surface area contributed by atoms with Crippen molar-refractivity contribution in [2.75, 3.05) is 76.2 Å². The Balaban J connectivity index is 1.21. The highest BCUT2D eigenvalue weighted by atomic mass is 16.5. The zero-order valence-corrected chi connectivity index (χ0v) is 24.2. The number of rotatable bonds is 10. The molecule has 0 aliphatic carbocycles. The number of primary amides is 1. The van der Waals surface area contributed by atoms with Crippen molar-refractivity contribution in [3.63, 3.8) is 0 Å². The number of piperidine rings is 1. The summed E-state index contributed by atoms with van der Waals surface area (Å²) in [5.41, 5.74) is 8.28.